The summed E-state index contributed by atoms with van der Waals surface area (Å²) in [5, 5.41) is 3.58. The minimum Gasteiger partial charge on any atom is -0.373 e. The first-order valence-electron chi connectivity index (χ1n) is 6.48. The van der Waals surface area contributed by atoms with E-state index in [0.29, 0.717) is 5.92 Å². The van der Waals surface area contributed by atoms with Crippen molar-refractivity contribution in [2.45, 2.75) is 38.8 Å². The van der Waals surface area contributed by atoms with Gasteiger partial charge in [-0.1, -0.05) is 30.3 Å². The second kappa shape index (κ2) is 5.19. The zero-order chi connectivity index (χ0) is 12.3. The van der Waals surface area contributed by atoms with Crippen molar-refractivity contribution in [2.24, 2.45) is 5.92 Å². The summed E-state index contributed by atoms with van der Waals surface area (Å²) in [5.74, 6) is 0.594. The molecule has 1 aliphatic heterocycles. The van der Waals surface area contributed by atoms with E-state index in [-0.39, 0.29) is 11.6 Å². The zero-order valence-electron chi connectivity index (χ0n) is 11.1. The maximum atomic E-state index is 5.88. The Hall–Kier alpha value is -0.860. The smallest absolute Gasteiger partial charge is 0.0866 e. The monoisotopic (exact) mass is 233 g/mol. The van der Waals surface area contributed by atoms with Crippen LogP contribution >= 0.6 is 0 Å². The van der Waals surface area contributed by atoms with Gasteiger partial charge >= 0.3 is 0 Å². The molecule has 1 aliphatic rings. The highest BCUT2D eigenvalue weighted by Crippen LogP contribution is 2.34. The van der Waals surface area contributed by atoms with Crippen LogP contribution in [0.1, 0.15) is 38.9 Å². The van der Waals surface area contributed by atoms with Crippen molar-refractivity contribution in [3.63, 3.8) is 0 Å². The normalized spacial score (nSPS) is 25.1. The topological polar surface area (TPSA) is 21.3 Å². The van der Waals surface area contributed by atoms with Crippen molar-refractivity contribution < 1.29 is 4.74 Å². The van der Waals surface area contributed by atoms with Crippen LogP contribution in [-0.2, 0) is 4.74 Å². The van der Waals surface area contributed by atoms with E-state index in [1.165, 1.54) is 5.56 Å². The van der Waals surface area contributed by atoms with Crippen molar-refractivity contribution >= 4 is 0 Å². The second-order valence-electron chi connectivity index (χ2n) is 5.88. The standard InChI is InChI=1S/C15H23NO/c1-15(2,3)16-11-13-9-10-17-14(13)12-7-5-4-6-8-12/h4-8,13-14,16H,9-11H2,1-3H3. The predicted molar refractivity (Wildman–Crippen MR) is 71.0 cm³/mol. The van der Waals surface area contributed by atoms with Gasteiger partial charge in [-0.25, -0.2) is 0 Å². The van der Waals surface area contributed by atoms with Gasteiger partial charge in [-0.2, -0.15) is 0 Å². The molecule has 2 nitrogen and oxygen atoms in total. The summed E-state index contributed by atoms with van der Waals surface area (Å²) in [7, 11) is 0. The van der Waals surface area contributed by atoms with Gasteiger partial charge in [0.1, 0.15) is 0 Å². The first-order valence-corrected chi connectivity index (χ1v) is 6.48. The lowest BCUT2D eigenvalue weighted by Gasteiger charge is -2.25. The fourth-order valence-corrected chi connectivity index (χ4v) is 2.29. The lowest BCUT2D eigenvalue weighted by molar-refractivity contribution is 0.0889. The van der Waals surface area contributed by atoms with Gasteiger partial charge in [-0.3, -0.25) is 0 Å². The van der Waals surface area contributed by atoms with Crippen molar-refractivity contribution in [1.82, 2.24) is 5.32 Å². The van der Waals surface area contributed by atoms with Crippen LogP contribution in [0.2, 0.25) is 0 Å². The summed E-state index contributed by atoms with van der Waals surface area (Å²) in [6.07, 6.45) is 1.42. The molecule has 2 rings (SSSR count). The molecule has 1 saturated heterocycles. The fourth-order valence-electron chi connectivity index (χ4n) is 2.29. The maximum Gasteiger partial charge on any atom is 0.0866 e. The Morgan fingerprint density at radius 2 is 1.94 bits per heavy atom. The largest absolute Gasteiger partial charge is 0.373 e. The molecule has 0 aromatic heterocycles. The van der Waals surface area contributed by atoms with Gasteiger partial charge in [0, 0.05) is 24.6 Å². The van der Waals surface area contributed by atoms with E-state index in [1.54, 1.807) is 0 Å². The van der Waals surface area contributed by atoms with Crippen LogP contribution in [0.5, 0.6) is 0 Å². The molecule has 1 N–H and O–H groups in total. The molecule has 0 radical (unpaired) electrons. The Morgan fingerprint density at radius 3 is 2.59 bits per heavy atom. The van der Waals surface area contributed by atoms with E-state index in [1.807, 2.05) is 0 Å². The van der Waals surface area contributed by atoms with Crippen molar-refractivity contribution in [2.75, 3.05) is 13.2 Å². The molecule has 0 aliphatic carbocycles. The number of benzene rings is 1. The predicted octanol–water partition coefficient (Wildman–Crippen LogP) is 3.15. The minimum atomic E-state index is 0.184. The highest BCUT2D eigenvalue weighted by molar-refractivity contribution is 5.19. The first-order chi connectivity index (χ1) is 8.06. The highest BCUT2D eigenvalue weighted by atomic mass is 16.5. The van der Waals surface area contributed by atoms with E-state index < -0.39 is 0 Å². The van der Waals surface area contributed by atoms with Crippen molar-refractivity contribution in [3.05, 3.63) is 35.9 Å². The van der Waals surface area contributed by atoms with E-state index >= 15 is 0 Å². The van der Waals surface area contributed by atoms with Gasteiger partial charge < -0.3 is 10.1 Å². The van der Waals surface area contributed by atoms with Crippen LogP contribution in [0.15, 0.2) is 30.3 Å². The molecule has 94 valence electrons. The quantitative estimate of drug-likeness (QED) is 0.866. The SMILES string of the molecule is CC(C)(C)NCC1CCOC1c1ccccc1. The number of ether oxygens (including phenoxy) is 1. The number of nitrogens with one attached hydrogen (secondary N) is 1. The average molecular weight is 233 g/mol. The van der Waals surface area contributed by atoms with Gasteiger partial charge in [0.05, 0.1) is 6.10 Å². The molecule has 0 bridgehead atoms. The van der Waals surface area contributed by atoms with Gasteiger partial charge in [-0.15, -0.1) is 0 Å². The summed E-state index contributed by atoms with van der Waals surface area (Å²) in [6, 6.07) is 10.6. The van der Waals surface area contributed by atoms with E-state index in [2.05, 4.69) is 56.4 Å². The molecule has 1 fully saturated rings. The molecule has 0 saturated carbocycles. The Kier molecular flexibility index (Phi) is 3.85. The van der Waals surface area contributed by atoms with Crippen molar-refractivity contribution in [1.29, 1.82) is 0 Å². The fraction of sp³-hybridized carbons (Fsp3) is 0.600. The third-order valence-electron chi connectivity index (χ3n) is 3.24. The molecule has 2 unspecified atom stereocenters. The van der Waals surface area contributed by atoms with Gasteiger partial charge in [0.25, 0.3) is 0 Å². The Morgan fingerprint density at radius 1 is 1.24 bits per heavy atom. The molecule has 17 heavy (non-hydrogen) atoms. The minimum absolute atomic E-state index is 0.184. The lowest BCUT2D eigenvalue weighted by Crippen LogP contribution is -2.39. The third-order valence-corrected chi connectivity index (χ3v) is 3.24. The average Bonchev–Trinajstić information content (AvgIpc) is 2.75. The Bertz CT molecular complexity index is 342. The summed E-state index contributed by atoms with van der Waals surface area (Å²) < 4.78 is 5.88. The highest BCUT2D eigenvalue weighted by Gasteiger charge is 2.30. The number of rotatable bonds is 3. The molecule has 2 heteroatoms. The van der Waals surface area contributed by atoms with E-state index in [4.69, 9.17) is 4.74 Å². The van der Waals surface area contributed by atoms with Gasteiger partial charge in [0.15, 0.2) is 0 Å². The van der Waals surface area contributed by atoms with E-state index in [0.717, 1.165) is 19.6 Å². The first kappa shape index (κ1) is 12.6. The van der Waals surface area contributed by atoms with Crippen LogP contribution in [0, 0.1) is 5.92 Å². The molecule has 0 spiro atoms. The Balaban J connectivity index is 1.98. The summed E-state index contributed by atoms with van der Waals surface area (Å²) in [6.45, 7) is 8.54. The van der Waals surface area contributed by atoms with Crippen molar-refractivity contribution in [3.8, 4) is 0 Å². The Labute approximate surface area is 104 Å². The molecule has 2 atom stereocenters. The summed E-state index contributed by atoms with van der Waals surface area (Å²) >= 11 is 0. The summed E-state index contributed by atoms with van der Waals surface area (Å²) in [5.41, 5.74) is 1.50. The van der Waals surface area contributed by atoms with Crippen LogP contribution in [0.3, 0.4) is 0 Å². The molecular formula is C15H23NO. The lowest BCUT2D eigenvalue weighted by atomic mass is 9.94. The maximum absolute atomic E-state index is 5.88. The van der Waals surface area contributed by atoms with Crippen LogP contribution in [-0.4, -0.2) is 18.7 Å². The second-order valence-corrected chi connectivity index (χ2v) is 5.88. The number of hydrogen-bond donors (Lipinski definition) is 1. The molecule has 0 amide bonds. The van der Waals surface area contributed by atoms with Gasteiger partial charge in [0.2, 0.25) is 0 Å². The van der Waals surface area contributed by atoms with Crippen LogP contribution in [0.25, 0.3) is 0 Å². The summed E-state index contributed by atoms with van der Waals surface area (Å²) in [4.78, 5) is 0. The van der Waals surface area contributed by atoms with Crippen LogP contribution in [0.4, 0.5) is 0 Å². The molecule has 1 aromatic carbocycles. The molecule has 1 heterocycles. The van der Waals surface area contributed by atoms with E-state index in [9.17, 15) is 0 Å². The molecular weight excluding hydrogens is 210 g/mol. The number of hydrogen-bond acceptors (Lipinski definition) is 2. The van der Waals surface area contributed by atoms with Crippen LogP contribution < -0.4 is 5.32 Å². The van der Waals surface area contributed by atoms with Gasteiger partial charge in [-0.05, 0) is 32.8 Å². The zero-order valence-corrected chi connectivity index (χ0v) is 11.1. The molecule has 1 aromatic rings. The third kappa shape index (κ3) is 3.55.